The van der Waals surface area contributed by atoms with Gasteiger partial charge >= 0.3 is 0 Å². The molecule has 2 aromatic rings. The monoisotopic (exact) mass is 421 g/mol. The molecule has 4 atom stereocenters. The number of allylic oxidation sites excluding steroid dienone is 2. The van der Waals surface area contributed by atoms with Crippen molar-refractivity contribution >= 4 is 17.7 Å². The van der Waals surface area contributed by atoms with Crippen LogP contribution in [0.25, 0.3) is 0 Å². The quantitative estimate of drug-likeness (QED) is 0.572. The van der Waals surface area contributed by atoms with E-state index < -0.39 is 11.7 Å². The van der Waals surface area contributed by atoms with Crippen LogP contribution in [0.4, 0.5) is 4.39 Å². The number of carbonyl (C=O) groups excluding carboxylic acids is 3. The van der Waals surface area contributed by atoms with E-state index >= 15 is 0 Å². The van der Waals surface area contributed by atoms with Gasteiger partial charge in [0.1, 0.15) is 18.1 Å². The summed E-state index contributed by atoms with van der Waals surface area (Å²) in [6, 6.07) is 9.08. The van der Waals surface area contributed by atoms with E-state index in [1.807, 2.05) is 12.2 Å². The second-order valence-electron chi connectivity index (χ2n) is 8.10. The summed E-state index contributed by atoms with van der Waals surface area (Å²) in [6.07, 6.45) is 6.44. The SMILES string of the molecule is O=C(CN1C(=O)C2C3C=CC(C3)C2C1=O)NCc1ccc(Oc2cccc(F)c2)nc1. The van der Waals surface area contributed by atoms with Gasteiger partial charge in [-0.3, -0.25) is 19.3 Å². The summed E-state index contributed by atoms with van der Waals surface area (Å²) < 4.78 is 18.7. The maximum Gasteiger partial charge on any atom is 0.240 e. The van der Waals surface area contributed by atoms with E-state index in [0.29, 0.717) is 11.6 Å². The van der Waals surface area contributed by atoms with Crippen LogP contribution < -0.4 is 10.1 Å². The average molecular weight is 421 g/mol. The van der Waals surface area contributed by atoms with E-state index in [1.54, 1.807) is 24.3 Å². The lowest BCUT2D eigenvalue weighted by atomic mass is 9.85. The van der Waals surface area contributed by atoms with Crippen LogP contribution in [-0.4, -0.2) is 34.2 Å². The second kappa shape index (κ2) is 7.61. The molecular formula is C23H20FN3O4. The number of likely N-dealkylation sites (tertiary alicyclic amines) is 1. The summed E-state index contributed by atoms with van der Waals surface area (Å²) in [4.78, 5) is 42.9. The van der Waals surface area contributed by atoms with Crippen molar-refractivity contribution < 1.29 is 23.5 Å². The average Bonchev–Trinajstić information content (AvgIpc) is 3.44. The molecule has 2 heterocycles. The fourth-order valence-corrected chi connectivity index (χ4v) is 4.75. The van der Waals surface area contributed by atoms with Crippen molar-refractivity contribution in [1.29, 1.82) is 0 Å². The predicted molar refractivity (Wildman–Crippen MR) is 107 cm³/mol. The van der Waals surface area contributed by atoms with Crippen LogP contribution in [0.3, 0.4) is 0 Å². The third kappa shape index (κ3) is 3.58. The van der Waals surface area contributed by atoms with Gasteiger partial charge in [0.15, 0.2) is 0 Å². The van der Waals surface area contributed by atoms with Crippen LogP contribution in [0, 0.1) is 29.5 Å². The number of ether oxygens (including phenoxy) is 1. The molecule has 2 fully saturated rings. The van der Waals surface area contributed by atoms with Gasteiger partial charge in [-0.05, 0) is 36.0 Å². The molecule has 31 heavy (non-hydrogen) atoms. The Morgan fingerprint density at radius 3 is 2.52 bits per heavy atom. The fraction of sp³-hybridized carbons (Fsp3) is 0.304. The molecule has 5 rings (SSSR count). The molecule has 2 bridgehead atoms. The molecule has 158 valence electrons. The topological polar surface area (TPSA) is 88.6 Å². The van der Waals surface area contributed by atoms with Gasteiger partial charge in [0.2, 0.25) is 23.6 Å². The van der Waals surface area contributed by atoms with Crippen molar-refractivity contribution in [2.45, 2.75) is 13.0 Å². The highest BCUT2D eigenvalue weighted by Gasteiger charge is 2.59. The Morgan fingerprint density at radius 1 is 1.13 bits per heavy atom. The van der Waals surface area contributed by atoms with Gasteiger partial charge in [-0.25, -0.2) is 9.37 Å². The Morgan fingerprint density at radius 2 is 1.87 bits per heavy atom. The molecule has 0 radical (unpaired) electrons. The van der Waals surface area contributed by atoms with Gasteiger partial charge < -0.3 is 10.1 Å². The van der Waals surface area contributed by atoms with Gasteiger partial charge in [0.05, 0.1) is 11.8 Å². The van der Waals surface area contributed by atoms with Gasteiger partial charge in [0, 0.05) is 24.9 Å². The summed E-state index contributed by atoms with van der Waals surface area (Å²) in [5.74, 6) is -0.996. The number of nitrogens with one attached hydrogen (secondary N) is 1. The summed E-state index contributed by atoms with van der Waals surface area (Å²) >= 11 is 0. The summed E-state index contributed by atoms with van der Waals surface area (Å²) in [6.45, 7) is -0.0692. The summed E-state index contributed by atoms with van der Waals surface area (Å²) in [7, 11) is 0. The molecule has 1 saturated heterocycles. The van der Waals surface area contributed by atoms with Crippen LogP contribution in [0.1, 0.15) is 12.0 Å². The third-order valence-corrected chi connectivity index (χ3v) is 6.17. The van der Waals surface area contributed by atoms with Crippen LogP contribution in [0.15, 0.2) is 54.7 Å². The molecule has 1 aromatic carbocycles. The van der Waals surface area contributed by atoms with Crippen LogP contribution in [0.5, 0.6) is 11.6 Å². The minimum Gasteiger partial charge on any atom is -0.439 e. The summed E-state index contributed by atoms with van der Waals surface area (Å²) in [5.41, 5.74) is 0.720. The predicted octanol–water partition coefficient (Wildman–Crippen LogP) is 2.44. The van der Waals surface area contributed by atoms with Crippen molar-refractivity contribution in [3.63, 3.8) is 0 Å². The van der Waals surface area contributed by atoms with E-state index in [-0.39, 0.29) is 48.6 Å². The van der Waals surface area contributed by atoms with E-state index in [9.17, 15) is 18.8 Å². The van der Waals surface area contributed by atoms with Gasteiger partial charge in [0.25, 0.3) is 0 Å². The smallest absolute Gasteiger partial charge is 0.240 e. The van der Waals surface area contributed by atoms with Crippen LogP contribution in [-0.2, 0) is 20.9 Å². The molecule has 1 saturated carbocycles. The molecule has 0 spiro atoms. The number of carbonyl (C=O) groups is 3. The van der Waals surface area contributed by atoms with Crippen LogP contribution in [0.2, 0.25) is 0 Å². The molecule has 7 nitrogen and oxygen atoms in total. The number of hydrogen-bond donors (Lipinski definition) is 1. The number of hydrogen-bond acceptors (Lipinski definition) is 5. The van der Waals surface area contributed by atoms with Gasteiger partial charge in [-0.15, -0.1) is 0 Å². The maximum absolute atomic E-state index is 13.2. The van der Waals surface area contributed by atoms with E-state index in [4.69, 9.17) is 4.74 Å². The zero-order valence-electron chi connectivity index (χ0n) is 16.5. The number of fused-ring (bicyclic) bond motifs is 5. The Labute approximate surface area is 177 Å². The molecule has 3 aliphatic rings. The number of pyridine rings is 1. The number of rotatable bonds is 6. The largest absolute Gasteiger partial charge is 0.439 e. The lowest BCUT2D eigenvalue weighted by Gasteiger charge is -2.16. The highest BCUT2D eigenvalue weighted by Crippen LogP contribution is 2.52. The number of nitrogens with zero attached hydrogens (tertiary/aromatic N) is 2. The van der Waals surface area contributed by atoms with Crippen LogP contribution >= 0.6 is 0 Å². The fourth-order valence-electron chi connectivity index (χ4n) is 4.75. The van der Waals surface area contributed by atoms with E-state index in [2.05, 4.69) is 10.3 Å². The third-order valence-electron chi connectivity index (χ3n) is 6.17. The number of aromatic nitrogens is 1. The highest BCUT2D eigenvalue weighted by atomic mass is 19.1. The van der Waals surface area contributed by atoms with E-state index in [1.165, 1.54) is 18.3 Å². The van der Waals surface area contributed by atoms with Crippen molar-refractivity contribution in [3.8, 4) is 11.6 Å². The minimum atomic E-state index is -0.403. The molecule has 1 N–H and O–H groups in total. The molecule has 8 heteroatoms. The Kier molecular flexibility index (Phi) is 4.77. The van der Waals surface area contributed by atoms with E-state index in [0.717, 1.165) is 16.9 Å². The Balaban J connectivity index is 1.14. The molecular weight excluding hydrogens is 401 g/mol. The molecule has 2 aliphatic carbocycles. The molecule has 1 aliphatic heterocycles. The van der Waals surface area contributed by atoms with Crippen molar-refractivity contribution in [2.75, 3.05) is 6.54 Å². The van der Waals surface area contributed by atoms with Gasteiger partial charge in [-0.2, -0.15) is 0 Å². The number of imide groups is 1. The number of benzene rings is 1. The maximum atomic E-state index is 13.2. The van der Waals surface area contributed by atoms with Gasteiger partial charge in [-0.1, -0.05) is 24.3 Å². The first-order valence-corrected chi connectivity index (χ1v) is 10.2. The van der Waals surface area contributed by atoms with Crippen molar-refractivity contribution in [2.24, 2.45) is 23.7 Å². The first kappa shape index (κ1) is 19.4. The first-order valence-electron chi connectivity index (χ1n) is 10.2. The molecule has 3 amide bonds. The lowest BCUT2D eigenvalue weighted by Crippen LogP contribution is -2.41. The zero-order valence-corrected chi connectivity index (χ0v) is 16.5. The molecule has 4 unspecified atom stereocenters. The second-order valence-corrected chi connectivity index (χ2v) is 8.10. The lowest BCUT2D eigenvalue weighted by molar-refractivity contribution is -0.144. The Hall–Kier alpha value is -3.55. The highest BCUT2D eigenvalue weighted by molar-refractivity contribution is 6.08. The summed E-state index contributed by atoms with van der Waals surface area (Å²) in [5, 5.41) is 2.72. The zero-order chi connectivity index (χ0) is 21.5. The molecule has 1 aromatic heterocycles. The first-order chi connectivity index (χ1) is 15.0. The standard InChI is InChI=1S/C23H20FN3O4/c24-16-2-1-3-17(9-16)31-19-7-4-13(11-26-19)10-25-18(28)12-27-22(29)20-14-5-6-15(8-14)21(20)23(27)30/h1-7,9,11,14-15,20-21H,8,10,12H2,(H,25,28). The Bertz CT molecular complexity index is 1050. The minimum absolute atomic E-state index is 0.124. The number of halogens is 1. The number of amides is 3. The van der Waals surface area contributed by atoms with Crippen molar-refractivity contribution in [3.05, 3.63) is 66.1 Å². The van der Waals surface area contributed by atoms with Crippen molar-refractivity contribution in [1.82, 2.24) is 15.2 Å². The normalized spacial score (nSPS) is 25.8.